The molecule has 0 fully saturated rings. The van der Waals surface area contributed by atoms with E-state index in [-0.39, 0.29) is 23.4 Å². The van der Waals surface area contributed by atoms with E-state index in [2.05, 4.69) is 20.8 Å². The van der Waals surface area contributed by atoms with Gasteiger partial charge in [0.25, 0.3) is 11.8 Å². The summed E-state index contributed by atoms with van der Waals surface area (Å²) in [6, 6.07) is 11.0. The first-order chi connectivity index (χ1) is 12.2. The largest absolute Gasteiger partial charge is 0.441 e. The molecule has 0 saturated carbocycles. The zero-order valence-electron chi connectivity index (χ0n) is 13.3. The van der Waals surface area contributed by atoms with Gasteiger partial charge in [-0.1, -0.05) is 35.5 Å². The van der Waals surface area contributed by atoms with Crippen molar-refractivity contribution in [3.05, 3.63) is 60.4 Å². The number of rotatable bonds is 7. The number of benzene rings is 1. The van der Waals surface area contributed by atoms with Gasteiger partial charge < -0.3 is 19.6 Å². The Balaban J connectivity index is 1.41. The highest BCUT2D eigenvalue weighted by molar-refractivity contribution is 5.93. The predicted molar refractivity (Wildman–Crippen MR) is 87.7 cm³/mol. The van der Waals surface area contributed by atoms with Crippen LogP contribution in [-0.4, -0.2) is 35.0 Å². The number of hydrogen-bond donors (Lipinski definition) is 2. The maximum atomic E-state index is 12.0. The molecule has 0 atom stereocenters. The van der Waals surface area contributed by atoms with Gasteiger partial charge in [-0.2, -0.15) is 0 Å². The Morgan fingerprint density at radius 3 is 2.52 bits per heavy atom. The van der Waals surface area contributed by atoms with Crippen LogP contribution in [-0.2, 0) is 0 Å². The van der Waals surface area contributed by atoms with E-state index in [9.17, 15) is 9.59 Å². The molecule has 1 aromatic carbocycles. The monoisotopic (exact) mass is 340 g/mol. The molecule has 25 heavy (non-hydrogen) atoms. The summed E-state index contributed by atoms with van der Waals surface area (Å²) in [5.41, 5.74) is 1.06. The average Bonchev–Trinajstić information content (AvgIpc) is 3.34. The summed E-state index contributed by atoms with van der Waals surface area (Å²) >= 11 is 0. The number of amides is 2. The third-order valence-corrected chi connectivity index (χ3v) is 3.35. The number of aromatic nitrogens is 2. The van der Waals surface area contributed by atoms with Crippen molar-refractivity contribution in [1.82, 2.24) is 20.8 Å². The van der Waals surface area contributed by atoms with Crippen LogP contribution in [0.15, 0.2) is 57.8 Å². The van der Waals surface area contributed by atoms with Crippen LogP contribution in [0.3, 0.4) is 0 Å². The summed E-state index contributed by atoms with van der Waals surface area (Å²) < 4.78 is 10.1. The minimum absolute atomic E-state index is 0.0140. The fourth-order valence-corrected chi connectivity index (χ4v) is 2.11. The number of nitrogens with one attached hydrogen (secondary N) is 2. The van der Waals surface area contributed by atoms with Crippen molar-refractivity contribution in [2.75, 3.05) is 13.1 Å². The Morgan fingerprint density at radius 2 is 1.80 bits per heavy atom. The van der Waals surface area contributed by atoms with E-state index >= 15 is 0 Å². The summed E-state index contributed by atoms with van der Waals surface area (Å²) in [5, 5.41) is 9.14. The van der Waals surface area contributed by atoms with Gasteiger partial charge in [0, 0.05) is 24.7 Å². The van der Waals surface area contributed by atoms with E-state index in [1.165, 1.54) is 12.5 Å². The van der Waals surface area contributed by atoms with Crippen LogP contribution < -0.4 is 10.6 Å². The third-order valence-electron chi connectivity index (χ3n) is 3.35. The molecule has 0 aliphatic rings. The van der Waals surface area contributed by atoms with Crippen molar-refractivity contribution in [2.24, 2.45) is 0 Å². The predicted octanol–water partition coefficient (Wildman–Crippen LogP) is 1.88. The number of oxazole rings is 1. The fraction of sp³-hybridized carbons (Fsp3) is 0.176. The molecule has 0 radical (unpaired) electrons. The van der Waals surface area contributed by atoms with Crippen LogP contribution in [0, 0.1) is 0 Å². The number of carbonyl (C=O) groups is 2. The van der Waals surface area contributed by atoms with Crippen LogP contribution in [0.2, 0.25) is 0 Å². The minimum Gasteiger partial charge on any atom is -0.441 e. The first kappa shape index (κ1) is 16.4. The highest BCUT2D eigenvalue weighted by Gasteiger charge is 2.13. The molecular weight excluding hydrogens is 324 g/mol. The van der Waals surface area contributed by atoms with Gasteiger partial charge >= 0.3 is 5.91 Å². The highest BCUT2D eigenvalue weighted by atomic mass is 16.5. The molecular formula is C17H16N4O4. The lowest BCUT2D eigenvalue weighted by Gasteiger charge is -2.03. The molecule has 2 heterocycles. The van der Waals surface area contributed by atoms with Gasteiger partial charge in [0.05, 0.1) is 6.20 Å². The van der Waals surface area contributed by atoms with Gasteiger partial charge in [0.2, 0.25) is 0 Å². The first-order valence-corrected chi connectivity index (χ1v) is 7.72. The van der Waals surface area contributed by atoms with Gasteiger partial charge in [0.15, 0.2) is 11.5 Å². The Hall–Kier alpha value is -3.42. The maximum Gasteiger partial charge on any atom is 0.307 e. The van der Waals surface area contributed by atoms with E-state index in [4.69, 9.17) is 8.94 Å². The van der Waals surface area contributed by atoms with Crippen LogP contribution in [0.25, 0.3) is 11.3 Å². The fourth-order valence-electron chi connectivity index (χ4n) is 2.11. The van der Waals surface area contributed by atoms with Gasteiger partial charge in [0.1, 0.15) is 6.26 Å². The maximum absolute atomic E-state index is 12.0. The summed E-state index contributed by atoms with van der Waals surface area (Å²) in [5.74, 6) is -0.172. The zero-order valence-corrected chi connectivity index (χ0v) is 13.3. The van der Waals surface area contributed by atoms with Gasteiger partial charge in [-0.25, -0.2) is 4.98 Å². The van der Waals surface area contributed by atoms with Gasteiger partial charge in [-0.05, 0) is 6.42 Å². The van der Waals surface area contributed by atoms with Crippen molar-refractivity contribution in [1.29, 1.82) is 0 Å². The molecule has 0 spiro atoms. The van der Waals surface area contributed by atoms with Crippen LogP contribution in [0.1, 0.15) is 27.6 Å². The summed E-state index contributed by atoms with van der Waals surface area (Å²) in [7, 11) is 0. The number of carbonyl (C=O) groups excluding carboxylic acids is 2. The Bertz CT molecular complexity index is 827. The van der Waals surface area contributed by atoms with E-state index < -0.39 is 0 Å². The third kappa shape index (κ3) is 4.31. The molecule has 128 valence electrons. The van der Waals surface area contributed by atoms with Crippen LogP contribution in [0.5, 0.6) is 0 Å². The molecule has 2 N–H and O–H groups in total. The topological polar surface area (TPSA) is 110 Å². The second-order valence-corrected chi connectivity index (χ2v) is 5.15. The molecule has 2 amide bonds. The normalized spacial score (nSPS) is 10.4. The zero-order chi connectivity index (χ0) is 17.5. The van der Waals surface area contributed by atoms with Crippen LogP contribution in [0.4, 0.5) is 0 Å². The smallest absolute Gasteiger partial charge is 0.307 e. The molecule has 0 aliphatic carbocycles. The summed E-state index contributed by atoms with van der Waals surface area (Å²) in [6.45, 7) is 0.772. The van der Waals surface area contributed by atoms with Gasteiger partial charge in [-0.15, -0.1) is 0 Å². The van der Waals surface area contributed by atoms with E-state index in [0.29, 0.717) is 25.3 Å². The second kappa shape index (κ2) is 7.91. The van der Waals surface area contributed by atoms with E-state index in [1.807, 2.05) is 30.3 Å². The summed E-state index contributed by atoms with van der Waals surface area (Å²) in [4.78, 5) is 27.4. The molecule has 0 aliphatic heterocycles. The molecule has 8 nitrogen and oxygen atoms in total. The lowest BCUT2D eigenvalue weighted by molar-refractivity contribution is 0.0918. The Kier molecular flexibility index (Phi) is 5.20. The van der Waals surface area contributed by atoms with E-state index in [0.717, 1.165) is 5.56 Å². The van der Waals surface area contributed by atoms with Crippen LogP contribution >= 0.6 is 0 Å². The minimum atomic E-state index is -0.389. The SMILES string of the molecule is O=C(NCCCNC(=O)c1ncco1)c1cc(-c2ccccc2)on1. The number of nitrogens with zero attached hydrogens (tertiary/aromatic N) is 2. The summed E-state index contributed by atoms with van der Waals surface area (Å²) in [6.07, 6.45) is 3.29. The van der Waals surface area contributed by atoms with Crippen molar-refractivity contribution in [2.45, 2.75) is 6.42 Å². The quantitative estimate of drug-likeness (QED) is 0.635. The molecule has 3 rings (SSSR count). The molecule has 0 saturated heterocycles. The average molecular weight is 340 g/mol. The molecule has 2 aromatic heterocycles. The molecule has 8 heteroatoms. The van der Waals surface area contributed by atoms with Gasteiger partial charge in [-0.3, -0.25) is 9.59 Å². The Labute approximate surface area is 143 Å². The number of hydrogen-bond acceptors (Lipinski definition) is 6. The molecule has 3 aromatic rings. The standard InChI is InChI=1S/C17H16N4O4/c22-15(13-11-14(25-21-13)12-5-2-1-3-6-12)18-7-4-8-19-16(23)17-20-9-10-24-17/h1-3,5-6,9-11H,4,7-8H2,(H,18,22)(H,19,23). The lowest BCUT2D eigenvalue weighted by Crippen LogP contribution is -2.30. The molecule has 0 unspecified atom stereocenters. The second-order valence-electron chi connectivity index (χ2n) is 5.15. The van der Waals surface area contributed by atoms with Crippen molar-refractivity contribution in [3.8, 4) is 11.3 Å². The van der Waals surface area contributed by atoms with Crippen molar-refractivity contribution >= 4 is 11.8 Å². The van der Waals surface area contributed by atoms with Crippen molar-refractivity contribution in [3.63, 3.8) is 0 Å². The van der Waals surface area contributed by atoms with Crippen molar-refractivity contribution < 1.29 is 18.5 Å². The Morgan fingerprint density at radius 1 is 1.04 bits per heavy atom. The lowest BCUT2D eigenvalue weighted by atomic mass is 10.1. The first-order valence-electron chi connectivity index (χ1n) is 7.72. The van der Waals surface area contributed by atoms with E-state index in [1.54, 1.807) is 6.07 Å². The molecule has 0 bridgehead atoms. The highest BCUT2D eigenvalue weighted by Crippen LogP contribution is 2.19.